The van der Waals surface area contributed by atoms with E-state index in [1.807, 2.05) is 0 Å². The fraction of sp³-hybridized carbons (Fsp3) is 0.135. The van der Waals surface area contributed by atoms with Crippen molar-refractivity contribution in [3.8, 4) is 0 Å². The second-order valence-electron chi connectivity index (χ2n) is 10.6. The third-order valence-corrected chi connectivity index (χ3v) is 13.0. The molecule has 0 bridgehead atoms. The first-order valence-electron chi connectivity index (χ1n) is 15.1. The molecule has 0 aliphatic rings. The Morgan fingerprint density at radius 2 is 0.918 bits per heavy atom. The standard InChI is InChI=1S/C25H23P.C8H6O7S.C4H10O3/c1-5-13-22(14-6-1)21-26(23-15-7-2-8-16-23,24-17-9-3-10-18-24)25-19-11-4-12-20-25;9-7(10)4-1-5(8(11)12)3-6(2-4)16(13,14)15;5-1-3-7-4-2-6/h1-20,26H,21H2;1-3H,(H,9,10)(H,11,12)(H,13,14,15);5-6H,1-4H2. The van der Waals surface area contributed by atoms with E-state index in [-0.39, 0.29) is 13.2 Å². The van der Waals surface area contributed by atoms with Crippen LogP contribution in [0.25, 0.3) is 0 Å². The zero-order valence-electron chi connectivity index (χ0n) is 26.5. The molecule has 5 N–H and O–H groups in total. The molecule has 0 aromatic heterocycles. The van der Waals surface area contributed by atoms with Crippen molar-refractivity contribution in [2.75, 3.05) is 26.4 Å². The zero-order valence-corrected chi connectivity index (χ0v) is 28.3. The Kier molecular flexibility index (Phi) is 15.2. The van der Waals surface area contributed by atoms with Gasteiger partial charge in [0.2, 0.25) is 0 Å². The number of carboxylic acids is 2. The van der Waals surface area contributed by atoms with E-state index in [1.165, 1.54) is 21.5 Å². The fourth-order valence-corrected chi connectivity index (χ4v) is 10.4. The molecule has 258 valence electrons. The van der Waals surface area contributed by atoms with Gasteiger partial charge in [-0.05, 0) is 18.2 Å². The minimum absolute atomic E-state index is 0.0278. The number of aliphatic hydroxyl groups excluding tert-OH is 2. The van der Waals surface area contributed by atoms with E-state index < -0.39 is 45.3 Å². The Morgan fingerprint density at radius 3 is 1.22 bits per heavy atom. The fourth-order valence-electron chi connectivity index (χ4n) is 5.10. The monoisotopic (exact) mass is 706 g/mol. The average Bonchev–Trinajstić information content (AvgIpc) is 3.12. The summed E-state index contributed by atoms with van der Waals surface area (Å²) >= 11 is 0. The molecule has 0 amide bonds. The van der Waals surface area contributed by atoms with E-state index in [1.54, 1.807) is 0 Å². The molecular formula is C37H39O10PS. The Labute approximate surface area is 286 Å². The van der Waals surface area contributed by atoms with E-state index in [0.717, 1.165) is 12.2 Å². The first-order valence-corrected chi connectivity index (χ1v) is 18.8. The Morgan fingerprint density at radius 1 is 0.571 bits per heavy atom. The van der Waals surface area contributed by atoms with Crippen LogP contribution in [0.1, 0.15) is 26.3 Å². The molecule has 5 rings (SSSR count). The molecule has 5 aromatic rings. The third kappa shape index (κ3) is 11.4. The molecule has 10 nitrogen and oxygen atoms in total. The van der Waals surface area contributed by atoms with Crippen molar-refractivity contribution in [1.82, 2.24) is 0 Å². The summed E-state index contributed by atoms with van der Waals surface area (Å²) in [5, 5.41) is 37.8. The maximum atomic E-state index is 10.8. The summed E-state index contributed by atoms with van der Waals surface area (Å²) < 4.78 is 34.8. The second kappa shape index (κ2) is 19.3. The molecule has 5 aromatic carbocycles. The molecule has 0 saturated carbocycles. The molecule has 49 heavy (non-hydrogen) atoms. The topological polar surface area (TPSA) is 179 Å². The van der Waals surface area contributed by atoms with Gasteiger partial charge in [0.25, 0.3) is 10.1 Å². The van der Waals surface area contributed by atoms with Crippen LogP contribution in [0.5, 0.6) is 0 Å². The summed E-state index contributed by atoms with van der Waals surface area (Å²) in [5.74, 6) is -2.99. The Hall–Kier alpha value is -4.74. The number of hydrogen-bond acceptors (Lipinski definition) is 7. The number of carbonyl (C=O) groups is 2. The quantitative estimate of drug-likeness (QED) is 0.0717. The Bertz CT molecular complexity index is 1720. The van der Waals surface area contributed by atoms with Crippen molar-refractivity contribution in [1.29, 1.82) is 0 Å². The summed E-state index contributed by atoms with van der Waals surface area (Å²) in [6, 6.07) is 46.3. The number of carboxylic acid groups (broad SMARTS) is 2. The molecule has 0 saturated heterocycles. The summed E-state index contributed by atoms with van der Waals surface area (Å²) in [6.45, 7) is 0.696. The molecule has 0 spiro atoms. The van der Waals surface area contributed by atoms with Crippen molar-refractivity contribution < 1.29 is 47.7 Å². The molecule has 0 heterocycles. The molecule has 0 radical (unpaired) electrons. The number of hydrogen-bond donors (Lipinski definition) is 5. The van der Waals surface area contributed by atoms with Crippen molar-refractivity contribution >= 4 is 45.2 Å². The SMILES string of the molecule is O=C(O)c1cc(C(=O)O)cc(S(=O)(=O)O)c1.OCCOCCO.c1ccc(C[PH](c2ccccc2)(c2ccccc2)c2ccccc2)cc1. The number of aromatic carboxylic acids is 2. The van der Waals surface area contributed by atoms with Crippen molar-refractivity contribution in [2.45, 2.75) is 11.1 Å². The zero-order chi connectivity index (χ0) is 35.7. The van der Waals surface area contributed by atoms with Crippen LogP contribution in [0.15, 0.2) is 144 Å². The first-order chi connectivity index (χ1) is 23.5. The van der Waals surface area contributed by atoms with Gasteiger partial charge >= 0.3 is 168 Å². The van der Waals surface area contributed by atoms with Gasteiger partial charge in [-0.3, -0.25) is 4.55 Å². The van der Waals surface area contributed by atoms with Crippen LogP contribution in [0, 0.1) is 0 Å². The number of benzene rings is 5. The van der Waals surface area contributed by atoms with Gasteiger partial charge in [0, 0.05) is 0 Å². The van der Waals surface area contributed by atoms with Gasteiger partial charge < -0.3 is 25.2 Å². The molecule has 0 aliphatic heterocycles. The van der Waals surface area contributed by atoms with Crippen LogP contribution < -0.4 is 15.9 Å². The summed E-state index contributed by atoms with van der Waals surface area (Å²) in [5.41, 5.74) is 0.329. The van der Waals surface area contributed by atoms with E-state index in [4.69, 9.17) is 25.0 Å². The maximum absolute atomic E-state index is 10.8. The van der Waals surface area contributed by atoms with Crippen LogP contribution >= 0.6 is 7.26 Å². The van der Waals surface area contributed by atoms with Crippen LogP contribution in [0.2, 0.25) is 0 Å². The first kappa shape index (κ1) is 38.7. The van der Waals surface area contributed by atoms with Gasteiger partial charge in [-0.1, -0.05) is 0 Å². The van der Waals surface area contributed by atoms with Gasteiger partial charge in [0.15, 0.2) is 0 Å². The number of rotatable bonds is 12. The van der Waals surface area contributed by atoms with Crippen molar-refractivity contribution in [3.05, 3.63) is 156 Å². The van der Waals surface area contributed by atoms with E-state index in [9.17, 15) is 18.0 Å². The van der Waals surface area contributed by atoms with Gasteiger partial charge in [-0.25, -0.2) is 9.59 Å². The van der Waals surface area contributed by atoms with Crippen LogP contribution in [-0.4, -0.2) is 71.8 Å². The average molecular weight is 707 g/mol. The van der Waals surface area contributed by atoms with Crippen LogP contribution in [0.3, 0.4) is 0 Å². The number of aliphatic hydroxyl groups is 2. The van der Waals surface area contributed by atoms with E-state index >= 15 is 0 Å². The van der Waals surface area contributed by atoms with Crippen LogP contribution in [0.4, 0.5) is 0 Å². The minimum atomic E-state index is -4.64. The van der Waals surface area contributed by atoms with Gasteiger partial charge in [-0.2, -0.15) is 8.42 Å². The van der Waals surface area contributed by atoms with Gasteiger partial charge in [-0.15, -0.1) is 0 Å². The summed E-state index contributed by atoms with van der Waals surface area (Å²) in [7, 11) is -6.81. The van der Waals surface area contributed by atoms with Crippen LogP contribution in [-0.2, 0) is 21.0 Å². The predicted octanol–water partition coefficient (Wildman–Crippen LogP) is 4.23. The van der Waals surface area contributed by atoms with E-state index in [0.29, 0.717) is 25.3 Å². The number of ether oxygens (including phenoxy) is 1. The van der Waals surface area contributed by atoms with Crippen molar-refractivity contribution in [3.63, 3.8) is 0 Å². The summed E-state index contributed by atoms with van der Waals surface area (Å²) in [4.78, 5) is 20.4. The molecule has 12 heteroatoms. The second-order valence-corrected chi connectivity index (χ2v) is 15.9. The molecule has 0 atom stereocenters. The molecule has 0 unspecified atom stereocenters. The Balaban J connectivity index is 0.000000241. The molecule has 0 aliphatic carbocycles. The third-order valence-electron chi connectivity index (χ3n) is 7.28. The molecular weight excluding hydrogens is 667 g/mol. The van der Waals surface area contributed by atoms with Gasteiger partial charge in [0.05, 0.1) is 42.4 Å². The summed E-state index contributed by atoms with van der Waals surface area (Å²) in [6.07, 6.45) is 1.06. The normalized spacial score (nSPS) is 11.2. The molecule has 0 fully saturated rings. The van der Waals surface area contributed by atoms with Gasteiger partial charge in [0.1, 0.15) is 0 Å². The van der Waals surface area contributed by atoms with Crippen molar-refractivity contribution in [2.24, 2.45) is 0 Å². The van der Waals surface area contributed by atoms with E-state index in [2.05, 4.69) is 126 Å². The predicted molar refractivity (Wildman–Crippen MR) is 192 cm³/mol.